The summed E-state index contributed by atoms with van der Waals surface area (Å²) in [6.45, 7) is 0. The van der Waals surface area contributed by atoms with Gasteiger partial charge in [-0.2, -0.15) is 11.3 Å². The molecule has 2 amide bonds. The Bertz CT molecular complexity index is 656. The summed E-state index contributed by atoms with van der Waals surface area (Å²) in [5, 5.41) is 6.26. The summed E-state index contributed by atoms with van der Waals surface area (Å²) >= 11 is 1.57. The molecule has 0 saturated heterocycles. The molecular formula is C14H9NO2S. The maximum absolute atomic E-state index is 11.9. The summed E-state index contributed by atoms with van der Waals surface area (Å²) in [6.07, 6.45) is 1.80. The lowest BCUT2D eigenvalue weighted by Crippen LogP contribution is -2.36. The number of hydrogen-bond acceptors (Lipinski definition) is 3. The zero-order valence-corrected chi connectivity index (χ0v) is 10.2. The zero-order valence-electron chi connectivity index (χ0n) is 9.34. The highest BCUT2D eigenvalue weighted by atomic mass is 32.1. The molecule has 1 aliphatic rings. The fraction of sp³-hybridized carbons (Fsp3) is 0. The number of imide groups is 1. The molecule has 1 N–H and O–H groups in total. The Morgan fingerprint density at radius 2 is 1.78 bits per heavy atom. The van der Waals surface area contributed by atoms with E-state index in [1.54, 1.807) is 35.6 Å². The molecule has 0 fully saturated rings. The van der Waals surface area contributed by atoms with Crippen LogP contribution >= 0.6 is 11.3 Å². The van der Waals surface area contributed by atoms with Gasteiger partial charge in [-0.05, 0) is 40.1 Å². The molecule has 1 aliphatic heterocycles. The number of benzene rings is 1. The number of rotatable bonds is 1. The van der Waals surface area contributed by atoms with Crippen molar-refractivity contribution in [2.24, 2.45) is 0 Å². The van der Waals surface area contributed by atoms with Crippen molar-refractivity contribution in [1.29, 1.82) is 0 Å². The zero-order chi connectivity index (χ0) is 12.5. The first-order valence-electron chi connectivity index (χ1n) is 5.45. The fourth-order valence-corrected chi connectivity index (χ4v) is 2.56. The van der Waals surface area contributed by atoms with Crippen LogP contribution in [0.15, 0.2) is 41.1 Å². The van der Waals surface area contributed by atoms with E-state index in [2.05, 4.69) is 5.32 Å². The second-order valence-corrected chi connectivity index (χ2v) is 4.72. The van der Waals surface area contributed by atoms with Crippen LogP contribution in [0.25, 0.3) is 11.6 Å². The Hall–Kier alpha value is -2.20. The van der Waals surface area contributed by atoms with Gasteiger partial charge >= 0.3 is 0 Å². The maximum atomic E-state index is 11.9. The number of carbonyl (C=O) groups excluding carboxylic acids is 2. The van der Waals surface area contributed by atoms with Gasteiger partial charge in [-0.15, -0.1) is 0 Å². The van der Waals surface area contributed by atoms with Crippen LogP contribution in [0.5, 0.6) is 0 Å². The van der Waals surface area contributed by atoms with Gasteiger partial charge in [0.1, 0.15) is 0 Å². The summed E-state index contributed by atoms with van der Waals surface area (Å²) < 4.78 is 0. The lowest BCUT2D eigenvalue weighted by atomic mass is 9.94. The molecule has 0 saturated carbocycles. The van der Waals surface area contributed by atoms with Crippen LogP contribution in [0.4, 0.5) is 0 Å². The van der Waals surface area contributed by atoms with Crippen molar-refractivity contribution < 1.29 is 9.59 Å². The number of carbonyl (C=O) groups is 2. The SMILES string of the molecule is O=C1NC(=O)c2ccccc2/C1=C/c1ccsc1. The van der Waals surface area contributed by atoms with Gasteiger partial charge in [-0.25, -0.2) is 0 Å². The molecule has 18 heavy (non-hydrogen) atoms. The topological polar surface area (TPSA) is 46.2 Å². The molecule has 1 aromatic carbocycles. The van der Waals surface area contributed by atoms with E-state index in [9.17, 15) is 9.59 Å². The number of hydrogen-bond donors (Lipinski definition) is 1. The molecule has 0 atom stereocenters. The van der Waals surface area contributed by atoms with Crippen molar-refractivity contribution in [3.63, 3.8) is 0 Å². The Morgan fingerprint density at radius 3 is 2.50 bits per heavy atom. The van der Waals surface area contributed by atoms with E-state index in [0.717, 1.165) is 5.56 Å². The largest absolute Gasteiger partial charge is 0.288 e. The Morgan fingerprint density at radius 1 is 1.00 bits per heavy atom. The first kappa shape index (κ1) is 10.9. The normalized spacial score (nSPS) is 16.6. The van der Waals surface area contributed by atoms with Gasteiger partial charge < -0.3 is 0 Å². The predicted molar refractivity (Wildman–Crippen MR) is 71.1 cm³/mol. The Balaban J connectivity index is 2.18. The number of thiophene rings is 1. The minimum Gasteiger partial charge on any atom is -0.288 e. The quantitative estimate of drug-likeness (QED) is 0.628. The summed E-state index contributed by atoms with van der Waals surface area (Å²) in [7, 11) is 0. The van der Waals surface area contributed by atoms with Crippen molar-refractivity contribution in [3.05, 3.63) is 57.8 Å². The summed E-state index contributed by atoms with van der Waals surface area (Å²) in [5.41, 5.74) is 2.73. The number of amides is 2. The number of fused-ring (bicyclic) bond motifs is 1. The highest BCUT2D eigenvalue weighted by molar-refractivity contribution is 7.08. The third-order valence-electron chi connectivity index (χ3n) is 2.79. The second kappa shape index (κ2) is 4.23. The second-order valence-electron chi connectivity index (χ2n) is 3.94. The Labute approximate surface area is 108 Å². The van der Waals surface area contributed by atoms with Gasteiger partial charge in [0.05, 0.1) is 0 Å². The molecule has 2 aromatic rings. The van der Waals surface area contributed by atoms with Crippen LogP contribution in [0, 0.1) is 0 Å². The molecule has 0 unspecified atom stereocenters. The van der Waals surface area contributed by atoms with Crippen LogP contribution in [0.2, 0.25) is 0 Å². The minimum absolute atomic E-state index is 0.335. The molecule has 3 rings (SSSR count). The smallest absolute Gasteiger partial charge is 0.258 e. The Kier molecular flexibility index (Phi) is 2.57. The third kappa shape index (κ3) is 1.76. The lowest BCUT2D eigenvalue weighted by Gasteiger charge is -2.17. The van der Waals surface area contributed by atoms with E-state index in [1.807, 2.05) is 22.9 Å². The van der Waals surface area contributed by atoms with Crippen molar-refractivity contribution in [1.82, 2.24) is 5.32 Å². The van der Waals surface area contributed by atoms with Crippen molar-refractivity contribution in [2.45, 2.75) is 0 Å². The first-order chi connectivity index (χ1) is 8.75. The molecular weight excluding hydrogens is 246 g/mol. The fourth-order valence-electron chi connectivity index (χ4n) is 1.94. The van der Waals surface area contributed by atoms with Gasteiger partial charge in [-0.3, -0.25) is 14.9 Å². The summed E-state index contributed by atoms with van der Waals surface area (Å²) in [6, 6.07) is 9.06. The molecule has 1 aromatic heterocycles. The molecule has 3 nitrogen and oxygen atoms in total. The summed E-state index contributed by atoms with van der Waals surface area (Å²) in [5.74, 6) is -0.678. The van der Waals surface area contributed by atoms with Gasteiger partial charge in [-0.1, -0.05) is 18.2 Å². The van der Waals surface area contributed by atoms with Crippen LogP contribution in [0.1, 0.15) is 21.5 Å². The van der Waals surface area contributed by atoms with E-state index in [0.29, 0.717) is 16.7 Å². The first-order valence-corrected chi connectivity index (χ1v) is 6.39. The standard InChI is InChI=1S/C14H9NO2S/c16-13-11-4-2-1-3-10(11)12(14(17)15-13)7-9-5-6-18-8-9/h1-8H,(H,15,16,17)/b12-7-. The van der Waals surface area contributed by atoms with E-state index >= 15 is 0 Å². The van der Waals surface area contributed by atoms with Crippen molar-refractivity contribution >= 4 is 34.8 Å². The van der Waals surface area contributed by atoms with Crippen LogP contribution < -0.4 is 5.32 Å². The van der Waals surface area contributed by atoms with E-state index in [1.165, 1.54) is 0 Å². The highest BCUT2D eigenvalue weighted by Gasteiger charge is 2.26. The highest BCUT2D eigenvalue weighted by Crippen LogP contribution is 2.26. The van der Waals surface area contributed by atoms with Crippen LogP contribution in [-0.2, 0) is 4.79 Å². The van der Waals surface area contributed by atoms with E-state index in [4.69, 9.17) is 0 Å². The van der Waals surface area contributed by atoms with Crippen molar-refractivity contribution in [2.75, 3.05) is 0 Å². The minimum atomic E-state index is -0.343. The molecule has 88 valence electrons. The van der Waals surface area contributed by atoms with Gasteiger partial charge in [0.25, 0.3) is 11.8 Å². The van der Waals surface area contributed by atoms with Crippen LogP contribution in [-0.4, -0.2) is 11.8 Å². The third-order valence-corrected chi connectivity index (χ3v) is 3.49. The molecule has 4 heteroatoms. The summed E-state index contributed by atoms with van der Waals surface area (Å²) in [4.78, 5) is 23.6. The van der Waals surface area contributed by atoms with Gasteiger partial charge in [0.2, 0.25) is 0 Å². The molecule has 0 spiro atoms. The molecule has 0 radical (unpaired) electrons. The monoisotopic (exact) mass is 255 g/mol. The average Bonchev–Trinajstić information content (AvgIpc) is 2.87. The maximum Gasteiger partial charge on any atom is 0.258 e. The lowest BCUT2D eigenvalue weighted by molar-refractivity contribution is -0.114. The van der Waals surface area contributed by atoms with Gasteiger partial charge in [0, 0.05) is 11.1 Å². The number of nitrogens with one attached hydrogen (secondary N) is 1. The predicted octanol–water partition coefficient (Wildman–Crippen LogP) is 2.56. The molecule has 0 aliphatic carbocycles. The van der Waals surface area contributed by atoms with Crippen molar-refractivity contribution in [3.8, 4) is 0 Å². The van der Waals surface area contributed by atoms with Crippen LogP contribution in [0.3, 0.4) is 0 Å². The molecule has 0 bridgehead atoms. The average molecular weight is 255 g/mol. The van der Waals surface area contributed by atoms with Gasteiger partial charge in [0.15, 0.2) is 0 Å². The molecule has 2 heterocycles. The van der Waals surface area contributed by atoms with E-state index < -0.39 is 0 Å². The van der Waals surface area contributed by atoms with E-state index in [-0.39, 0.29) is 11.8 Å².